The molecule has 2 atom stereocenters. The van der Waals surface area contributed by atoms with Crippen molar-refractivity contribution >= 4 is 16.8 Å². The van der Waals surface area contributed by atoms with Gasteiger partial charge >= 0.3 is 0 Å². The number of benzene rings is 1. The minimum atomic E-state index is -0.281. The topological polar surface area (TPSA) is 82.2 Å². The van der Waals surface area contributed by atoms with E-state index in [1.165, 1.54) is 6.07 Å². The minimum Gasteiger partial charge on any atom is -0.393 e. The van der Waals surface area contributed by atoms with E-state index in [0.29, 0.717) is 23.5 Å². The third-order valence-corrected chi connectivity index (χ3v) is 4.30. The molecule has 1 fully saturated rings. The van der Waals surface area contributed by atoms with Gasteiger partial charge in [0.1, 0.15) is 0 Å². The van der Waals surface area contributed by atoms with Gasteiger partial charge in [0.2, 0.25) is 5.56 Å². The zero-order valence-electron chi connectivity index (χ0n) is 12.3. The van der Waals surface area contributed by atoms with E-state index < -0.39 is 0 Å². The number of aliphatic hydroxyl groups is 1. The molecule has 1 saturated carbocycles. The first-order chi connectivity index (χ1) is 10.6. The fourth-order valence-electron chi connectivity index (χ4n) is 3.17. The highest BCUT2D eigenvalue weighted by molar-refractivity contribution is 6.05. The normalized spacial score (nSPS) is 21.7. The van der Waals surface area contributed by atoms with Gasteiger partial charge in [0.15, 0.2) is 0 Å². The second-order valence-corrected chi connectivity index (χ2v) is 5.99. The summed E-state index contributed by atoms with van der Waals surface area (Å²) in [6.07, 6.45) is 3.35. The molecule has 0 radical (unpaired) electrons. The first-order valence-electron chi connectivity index (χ1n) is 7.72. The van der Waals surface area contributed by atoms with Crippen LogP contribution in [-0.4, -0.2) is 28.6 Å². The molecular formula is C17H20N2O3. The summed E-state index contributed by atoms with van der Waals surface area (Å²) in [6, 6.07) is 8.61. The van der Waals surface area contributed by atoms with Crippen molar-refractivity contribution in [2.45, 2.75) is 31.8 Å². The highest BCUT2D eigenvalue weighted by atomic mass is 16.3. The van der Waals surface area contributed by atoms with E-state index in [-0.39, 0.29) is 17.6 Å². The summed E-state index contributed by atoms with van der Waals surface area (Å²) in [5.41, 5.74) is 0.779. The average Bonchev–Trinajstić information content (AvgIpc) is 2.52. The number of hydrogen-bond donors (Lipinski definition) is 3. The molecule has 22 heavy (non-hydrogen) atoms. The zero-order valence-corrected chi connectivity index (χ0v) is 12.3. The molecule has 1 amide bonds. The van der Waals surface area contributed by atoms with Gasteiger partial charge < -0.3 is 15.4 Å². The van der Waals surface area contributed by atoms with Gasteiger partial charge in [0, 0.05) is 23.5 Å². The Labute approximate surface area is 128 Å². The number of hydrogen-bond acceptors (Lipinski definition) is 3. The predicted molar refractivity (Wildman–Crippen MR) is 84.9 cm³/mol. The highest BCUT2D eigenvalue weighted by Crippen LogP contribution is 2.23. The van der Waals surface area contributed by atoms with E-state index in [0.717, 1.165) is 31.1 Å². The van der Waals surface area contributed by atoms with E-state index >= 15 is 0 Å². The van der Waals surface area contributed by atoms with E-state index in [1.54, 1.807) is 6.07 Å². The maximum atomic E-state index is 12.4. The standard InChI is InChI=1S/C17H20N2O3/c20-12-5-3-4-11(8-12)10-18-17(22)14-9-16(21)19-15-7-2-1-6-13(14)15/h1-2,6-7,9,11-12,20H,3-5,8,10H2,(H,18,22)(H,19,21). The lowest BCUT2D eigenvalue weighted by Gasteiger charge is -2.25. The number of rotatable bonds is 3. The predicted octanol–water partition coefficient (Wildman–Crippen LogP) is 1.81. The van der Waals surface area contributed by atoms with Crippen LogP contribution in [0.25, 0.3) is 10.9 Å². The third-order valence-electron chi connectivity index (χ3n) is 4.30. The first-order valence-corrected chi connectivity index (χ1v) is 7.72. The fraction of sp³-hybridized carbons (Fsp3) is 0.412. The van der Waals surface area contributed by atoms with Crippen molar-refractivity contribution in [3.8, 4) is 0 Å². The number of carbonyl (C=O) groups excluding carboxylic acids is 1. The molecule has 0 aliphatic heterocycles. The molecule has 1 aromatic carbocycles. The monoisotopic (exact) mass is 300 g/mol. The van der Waals surface area contributed by atoms with Crippen LogP contribution in [0.5, 0.6) is 0 Å². The van der Waals surface area contributed by atoms with Gasteiger partial charge in [-0.15, -0.1) is 0 Å². The lowest BCUT2D eigenvalue weighted by Crippen LogP contribution is -2.33. The molecule has 0 bridgehead atoms. The Morgan fingerprint density at radius 1 is 1.32 bits per heavy atom. The summed E-state index contributed by atoms with van der Waals surface area (Å²) in [7, 11) is 0. The number of aromatic nitrogens is 1. The number of aliphatic hydroxyl groups excluding tert-OH is 1. The number of para-hydroxylation sites is 1. The van der Waals surface area contributed by atoms with Crippen LogP contribution in [0.2, 0.25) is 0 Å². The van der Waals surface area contributed by atoms with E-state index in [2.05, 4.69) is 10.3 Å². The summed E-state index contributed by atoms with van der Waals surface area (Å²) in [5, 5.41) is 13.3. The molecule has 2 unspecified atom stereocenters. The van der Waals surface area contributed by atoms with Gasteiger partial charge in [-0.3, -0.25) is 9.59 Å². The van der Waals surface area contributed by atoms with Crippen LogP contribution in [0.3, 0.4) is 0 Å². The van der Waals surface area contributed by atoms with Gasteiger partial charge in [0.25, 0.3) is 5.91 Å². The van der Waals surface area contributed by atoms with Gasteiger partial charge in [0.05, 0.1) is 11.7 Å². The molecule has 1 aliphatic rings. The molecule has 0 spiro atoms. The Kier molecular flexibility index (Phi) is 4.24. The fourth-order valence-corrected chi connectivity index (χ4v) is 3.17. The van der Waals surface area contributed by atoms with Crippen LogP contribution in [0.4, 0.5) is 0 Å². The van der Waals surface area contributed by atoms with Crippen LogP contribution in [0.1, 0.15) is 36.0 Å². The van der Waals surface area contributed by atoms with Crippen molar-refractivity contribution in [1.82, 2.24) is 10.3 Å². The van der Waals surface area contributed by atoms with Crippen LogP contribution < -0.4 is 10.9 Å². The number of fused-ring (bicyclic) bond motifs is 1. The van der Waals surface area contributed by atoms with Gasteiger partial charge in [-0.25, -0.2) is 0 Å². The Morgan fingerprint density at radius 2 is 2.14 bits per heavy atom. The molecule has 1 aromatic heterocycles. The Bertz CT molecular complexity index is 738. The largest absolute Gasteiger partial charge is 0.393 e. The van der Waals surface area contributed by atoms with Gasteiger partial charge in [-0.2, -0.15) is 0 Å². The second-order valence-electron chi connectivity index (χ2n) is 5.99. The van der Waals surface area contributed by atoms with Crippen molar-refractivity contribution in [2.75, 3.05) is 6.54 Å². The molecule has 1 heterocycles. The van der Waals surface area contributed by atoms with E-state index in [9.17, 15) is 14.7 Å². The van der Waals surface area contributed by atoms with Crippen LogP contribution >= 0.6 is 0 Å². The first kappa shape index (κ1) is 14.8. The number of amides is 1. The Morgan fingerprint density at radius 3 is 2.95 bits per heavy atom. The smallest absolute Gasteiger partial charge is 0.252 e. The quantitative estimate of drug-likeness (QED) is 0.808. The summed E-state index contributed by atoms with van der Waals surface area (Å²) in [4.78, 5) is 26.8. The molecule has 5 heteroatoms. The molecule has 0 saturated heterocycles. The summed E-state index contributed by atoms with van der Waals surface area (Å²) in [6.45, 7) is 0.539. The number of aromatic amines is 1. The summed E-state index contributed by atoms with van der Waals surface area (Å²) < 4.78 is 0. The Balaban J connectivity index is 1.76. The van der Waals surface area contributed by atoms with Crippen molar-refractivity contribution in [2.24, 2.45) is 5.92 Å². The third kappa shape index (κ3) is 3.20. The maximum Gasteiger partial charge on any atom is 0.252 e. The van der Waals surface area contributed by atoms with E-state index in [1.807, 2.05) is 18.2 Å². The number of nitrogens with one attached hydrogen (secondary N) is 2. The van der Waals surface area contributed by atoms with Crippen LogP contribution in [-0.2, 0) is 0 Å². The minimum absolute atomic E-state index is 0.234. The van der Waals surface area contributed by atoms with Gasteiger partial charge in [-0.1, -0.05) is 24.6 Å². The lowest BCUT2D eigenvalue weighted by atomic mass is 9.87. The molecule has 2 aromatic rings. The number of carbonyl (C=O) groups is 1. The SMILES string of the molecule is O=C(NCC1CCCC(O)C1)c1cc(=O)[nH]c2ccccc12. The molecule has 3 rings (SSSR count). The zero-order chi connectivity index (χ0) is 15.5. The molecule has 1 aliphatic carbocycles. The second kappa shape index (κ2) is 6.32. The highest BCUT2D eigenvalue weighted by Gasteiger charge is 2.21. The number of pyridine rings is 1. The lowest BCUT2D eigenvalue weighted by molar-refractivity contribution is 0.0875. The molecule has 116 valence electrons. The van der Waals surface area contributed by atoms with Crippen molar-refractivity contribution in [3.63, 3.8) is 0 Å². The number of H-pyrrole nitrogens is 1. The molecule has 5 nitrogen and oxygen atoms in total. The van der Waals surface area contributed by atoms with Crippen molar-refractivity contribution in [1.29, 1.82) is 0 Å². The summed E-state index contributed by atoms with van der Waals surface area (Å²) >= 11 is 0. The molecule has 3 N–H and O–H groups in total. The van der Waals surface area contributed by atoms with E-state index in [4.69, 9.17) is 0 Å². The maximum absolute atomic E-state index is 12.4. The van der Waals surface area contributed by atoms with Crippen LogP contribution in [0, 0.1) is 5.92 Å². The van der Waals surface area contributed by atoms with Crippen LogP contribution in [0.15, 0.2) is 35.1 Å². The molecular weight excluding hydrogens is 280 g/mol. The Hall–Kier alpha value is -2.14. The summed E-state index contributed by atoms with van der Waals surface area (Å²) in [5.74, 6) is 0.0725. The average molecular weight is 300 g/mol. The van der Waals surface area contributed by atoms with Crippen molar-refractivity contribution in [3.05, 3.63) is 46.2 Å². The van der Waals surface area contributed by atoms with Crippen molar-refractivity contribution < 1.29 is 9.90 Å². The van der Waals surface area contributed by atoms with Gasteiger partial charge in [-0.05, 0) is 31.2 Å².